The smallest absolute Gasteiger partial charge is 0.317 e. The Kier molecular flexibility index (Phi) is 9.06. The van der Waals surface area contributed by atoms with Crippen molar-refractivity contribution in [3.8, 4) is 0 Å². The second-order valence-corrected chi connectivity index (χ2v) is 4.64. The normalized spacial score (nSPS) is 11.9. The first-order chi connectivity index (χ1) is 8.52. The molecule has 0 rings (SSSR count). The molecule has 0 aromatic heterocycles. The molecule has 2 N–H and O–H groups in total. The summed E-state index contributed by atoms with van der Waals surface area (Å²) in [5.41, 5.74) is 0. The van der Waals surface area contributed by atoms with Crippen LogP contribution in [-0.4, -0.2) is 42.1 Å². The van der Waals surface area contributed by atoms with E-state index in [0.717, 1.165) is 25.7 Å². The predicted molar refractivity (Wildman–Crippen MR) is 71.6 cm³/mol. The standard InChI is InChI=1S/C13H26N2O3/c1-4-6-7-9-15(3)13(18)14-10-11(8-5-2)12(16)17/h11H,4-10H2,1-3H3,(H,14,18)(H,16,17). The van der Waals surface area contributed by atoms with E-state index in [1.165, 1.54) is 0 Å². The monoisotopic (exact) mass is 258 g/mol. The number of carbonyl (C=O) groups is 2. The van der Waals surface area contributed by atoms with Crippen LogP contribution >= 0.6 is 0 Å². The van der Waals surface area contributed by atoms with Crippen LogP contribution in [-0.2, 0) is 4.79 Å². The fourth-order valence-corrected chi connectivity index (χ4v) is 1.71. The van der Waals surface area contributed by atoms with Crippen LogP contribution in [0.2, 0.25) is 0 Å². The Morgan fingerprint density at radius 3 is 2.39 bits per heavy atom. The summed E-state index contributed by atoms with van der Waals surface area (Å²) >= 11 is 0. The summed E-state index contributed by atoms with van der Waals surface area (Å²) in [6.07, 6.45) is 4.60. The van der Waals surface area contributed by atoms with Gasteiger partial charge in [0.15, 0.2) is 0 Å². The number of carboxylic acids is 1. The molecule has 5 heteroatoms. The predicted octanol–water partition coefficient (Wildman–Crippen LogP) is 2.32. The number of rotatable bonds is 9. The van der Waals surface area contributed by atoms with Crippen molar-refractivity contribution in [3.05, 3.63) is 0 Å². The maximum absolute atomic E-state index is 11.7. The number of unbranched alkanes of at least 4 members (excludes halogenated alkanes) is 2. The number of carboxylic acid groups (broad SMARTS) is 1. The van der Waals surface area contributed by atoms with E-state index in [-0.39, 0.29) is 12.6 Å². The maximum atomic E-state index is 11.7. The van der Waals surface area contributed by atoms with Gasteiger partial charge in [-0.05, 0) is 12.8 Å². The third-order valence-corrected chi connectivity index (χ3v) is 2.93. The molecular weight excluding hydrogens is 232 g/mol. The van der Waals surface area contributed by atoms with Gasteiger partial charge < -0.3 is 15.3 Å². The SMILES string of the molecule is CCCCCN(C)C(=O)NCC(CCC)C(=O)O. The van der Waals surface area contributed by atoms with Crippen LogP contribution < -0.4 is 5.32 Å². The van der Waals surface area contributed by atoms with Crippen LogP contribution in [0.1, 0.15) is 46.0 Å². The third-order valence-electron chi connectivity index (χ3n) is 2.93. The summed E-state index contributed by atoms with van der Waals surface area (Å²) in [4.78, 5) is 24.2. The second-order valence-electron chi connectivity index (χ2n) is 4.64. The molecule has 0 aliphatic carbocycles. The minimum absolute atomic E-state index is 0.187. The number of carbonyl (C=O) groups excluding carboxylic acids is 1. The molecule has 18 heavy (non-hydrogen) atoms. The van der Waals surface area contributed by atoms with Crippen molar-refractivity contribution in [2.75, 3.05) is 20.1 Å². The Hall–Kier alpha value is -1.26. The van der Waals surface area contributed by atoms with Crippen LogP contribution in [0.25, 0.3) is 0 Å². The number of hydrogen-bond donors (Lipinski definition) is 2. The zero-order valence-electron chi connectivity index (χ0n) is 11.7. The van der Waals surface area contributed by atoms with Crippen molar-refractivity contribution >= 4 is 12.0 Å². The number of nitrogens with one attached hydrogen (secondary N) is 1. The highest BCUT2D eigenvalue weighted by Crippen LogP contribution is 2.05. The van der Waals surface area contributed by atoms with E-state index in [4.69, 9.17) is 5.11 Å². The van der Waals surface area contributed by atoms with Gasteiger partial charge in [-0.3, -0.25) is 4.79 Å². The number of nitrogens with zero attached hydrogens (tertiary/aromatic N) is 1. The molecule has 1 unspecified atom stereocenters. The summed E-state index contributed by atoms with van der Waals surface area (Å²) in [5, 5.41) is 11.6. The topological polar surface area (TPSA) is 69.6 Å². The van der Waals surface area contributed by atoms with Gasteiger partial charge in [0.05, 0.1) is 5.92 Å². The largest absolute Gasteiger partial charge is 0.481 e. The molecule has 0 aromatic rings. The van der Waals surface area contributed by atoms with E-state index in [2.05, 4.69) is 12.2 Å². The lowest BCUT2D eigenvalue weighted by molar-refractivity contribution is -0.141. The molecule has 0 bridgehead atoms. The average molecular weight is 258 g/mol. The first kappa shape index (κ1) is 16.7. The van der Waals surface area contributed by atoms with Gasteiger partial charge in [0, 0.05) is 20.1 Å². The first-order valence-electron chi connectivity index (χ1n) is 6.74. The molecule has 0 aliphatic rings. The van der Waals surface area contributed by atoms with E-state index in [9.17, 15) is 9.59 Å². The number of amides is 2. The third kappa shape index (κ3) is 7.14. The van der Waals surface area contributed by atoms with Gasteiger partial charge in [0.1, 0.15) is 0 Å². The van der Waals surface area contributed by atoms with Gasteiger partial charge in [0.25, 0.3) is 0 Å². The van der Waals surface area contributed by atoms with Gasteiger partial charge in [-0.1, -0.05) is 33.1 Å². The quantitative estimate of drug-likeness (QED) is 0.623. The van der Waals surface area contributed by atoms with Gasteiger partial charge >= 0.3 is 12.0 Å². The van der Waals surface area contributed by atoms with Crippen molar-refractivity contribution in [1.82, 2.24) is 10.2 Å². The van der Waals surface area contributed by atoms with Crippen LogP contribution in [0.5, 0.6) is 0 Å². The Morgan fingerprint density at radius 1 is 1.22 bits per heavy atom. The molecule has 0 fully saturated rings. The van der Waals surface area contributed by atoms with Crippen molar-refractivity contribution in [3.63, 3.8) is 0 Å². The van der Waals surface area contributed by atoms with E-state index in [1.807, 2.05) is 6.92 Å². The van der Waals surface area contributed by atoms with Gasteiger partial charge in [-0.25, -0.2) is 4.79 Å². The fourth-order valence-electron chi connectivity index (χ4n) is 1.71. The Labute approximate surface area is 110 Å². The summed E-state index contributed by atoms with van der Waals surface area (Å²) in [5.74, 6) is -1.33. The zero-order valence-corrected chi connectivity index (χ0v) is 11.7. The zero-order chi connectivity index (χ0) is 14.0. The van der Waals surface area contributed by atoms with Gasteiger partial charge in [-0.2, -0.15) is 0 Å². The van der Waals surface area contributed by atoms with Crippen molar-refractivity contribution in [2.24, 2.45) is 5.92 Å². The minimum Gasteiger partial charge on any atom is -0.481 e. The molecule has 0 heterocycles. The van der Waals surface area contributed by atoms with Crippen LogP contribution in [0, 0.1) is 5.92 Å². The highest BCUT2D eigenvalue weighted by molar-refractivity contribution is 5.75. The van der Waals surface area contributed by atoms with Crippen molar-refractivity contribution < 1.29 is 14.7 Å². The molecule has 106 valence electrons. The Morgan fingerprint density at radius 2 is 1.89 bits per heavy atom. The molecule has 2 amide bonds. The molecule has 0 aliphatic heterocycles. The van der Waals surface area contributed by atoms with E-state index >= 15 is 0 Å². The molecular formula is C13H26N2O3. The van der Waals surface area contributed by atoms with Crippen LogP contribution in [0.15, 0.2) is 0 Å². The Balaban J connectivity index is 3.95. The average Bonchev–Trinajstić information content (AvgIpc) is 2.33. The van der Waals surface area contributed by atoms with Crippen molar-refractivity contribution in [2.45, 2.75) is 46.0 Å². The summed E-state index contributed by atoms with van der Waals surface area (Å²) in [7, 11) is 1.74. The fraction of sp³-hybridized carbons (Fsp3) is 0.846. The van der Waals surface area contributed by atoms with Crippen LogP contribution in [0.4, 0.5) is 4.79 Å². The lowest BCUT2D eigenvalue weighted by atomic mass is 10.0. The van der Waals surface area contributed by atoms with Gasteiger partial charge in [0.2, 0.25) is 0 Å². The van der Waals surface area contributed by atoms with Crippen molar-refractivity contribution in [1.29, 1.82) is 0 Å². The van der Waals surface area contributed by atoms with E-state index in [1.54, 1.807) is 11.9 Å². The highest BCUT2D eigenvalue weighted by Gasteiger charge is 2.18. The number of aliphatic carboxylic acids is 1. The van der Waals surface area contributed by atoms with E-state index < -0.39 is 11.9 Å². The number of urea groups is 1. The summed E-state index contributed by atoms with van der Waals surface area (Å²) < 4.78 is 0. The molecule has 1 atom stereocenters. The molecule has 5 nitrogen and oxygen atoms in total. The summed E-state index contributed by atoms with van der Waals surface area (Å²) in [6, 6.07) is -0.187. The summed E-state index contributed by atoms with van der Waals surface area (Å²) in [6.45, 7) is 4.97. The number of hydrogen-bond acceptors (Lipinski definition) is 2. The lowest BCUT2D eigenvalue weighted by Crippen LogP contribution is -2.41. The minimum atomic E-state index is -0.842. The van der Waals surface area contributed by atoms with Gasteiger partial charge in [-0.15, -0.1) is 0 Å². The Bertz CT molecular complexity index is 257. The second kappa shape index (κ2) is 9.74. The highest BCUT2D eigenvalue weighted by atomic mass is 16.4. The maximum Gasteiger partial charge on any atom is 0.317 e. The molecule has 0 aromatic carbocycles. The molecule has 0 spiro atoms. The van der Waals surface area contributed by atoms with Crippen LogP contribution in [0.3, 0.4) is 0 Å². The van der Waals surface area contributed by atoms with E-state index in [0.29, 0.717) is 13.0 Å². The molecule has 0 saturated carbocycles. The lowest BCUT2D eigenvalue weighted by Gasteiger charge is -2.19. The first-order valence-corrected chi connectivity index (χ1v) is 6.74. The molecule has 0 radical (unpaired) electrons. The molecule has 0 saturated heterocycles.